The van der Waals surface area contributed by atoms with Gasteiger partial charge in [0.15, 0.2) is 6.61 Å². The van der Waals surface area contributed by atoms with Crippen molar-refractivity contribution in [2.75, 3.05) is 6.61 Å². The number of nitrogens with zero attached hydrogens (tertiary/aromatic N) is 2. The van der Waals surface area contributed by atoms with E-state index in [2.05, 4.69) is 10.4 Å². The Labute approximate surface area is 171 Å². The lowest BCUT2D eigenvalue weighted by atomic mass is 10.2. The van der Waals surface area contributed by atoms with Crippen molar-refractivity contribution < 1.29 is 14.3 Å². The highest BCUT2D eigenvalue weighted by Gasteiger charge is 2.29. The van der Waals surface area contributed by atoms with E-state index in [1.165, 1.54) is 11.3 Å². The van der Waals surface area contributed by atoms with Crippen LogP contribution in [0, 0.1) is 12.8 Å². The van der Waals surface area contributed by atoms with Crippen molar-refractivity contribution in [3.05, 3.63) is 45.9 Å². The van der Waals surface area contributed by atoms with Crippen molar-refractivity contribution >= 4 is 45.0 Å². The second-order valence-electron chi connectivity index (χ2n) is 7.05. The molecule has 0 aliphatic heterocycles. The molecule has 1 saturated carbocycles. The molecule has 0 unspecified atom stereocenters. The number of carbonyl (C=O) groups excluding carboxylic acids is 2. The van der Waals surface area contributed by atoms with Crippen molar-refractivity contribution in [3.8, 4) is 5.69 Å². The summed E-state index contributed by atoms with van der Waals surface area (Å²) in [6, 6.07) is 9.28. The number of aryl methyl sites for hydroxylation is 1. The highest BCUT2D eigenvalue weighted by Crippen LogP contribution is 2.33. The van der Waals surface area contributed by atoms with E-state index < -0.39 is 5.97 Å². The van der Waals surface area contributed by atoms with E-state index in [1.807, 2.05) is 32.0 Å². The number of thiophene rings is 1. The number of amides is 1. The molecule has 0 radical (unpaired) electrons. The third kappa shape index (κ3) is 3.77. The molecule has 1 aromatic carbocycles. The molecule has 0 saturated heterocycles. The number of carbonyl (C=O) groups is 2. The maximum Gasteiger partial charge on any atom is 0.348 e. The van der Waals surface area contributed by atoms with Gasteiger partial charge >= 0.3 is 5.97 Å². The molecule has 146 valence electrons. The standard InChI is InChI=1S/C20H20ClN3O3S/c1-11(13-7-8-13)22-18(25)10-27-20(26)17-9-14-12(2)23-24(19(14)28-17)16-6-4-3-5-15(16)21/h3-6,9,11,13H,7-8,10H2,1-2H3,(H,22,25)/t11-/m1/s1. The van der Waals surface area contributed by atoms with Crippen molar-refractivity contribution in [3.63, 3.8) is 0 Å². The Balaban J connectivity index is 1.50. The van der Waals surface area contributed by atoms with Gasteiger partial charge in [-0.3, -0.25) is 4.79 Å². The van der Waals surface area contributed by atoms with Gasteiger partial charge in [0, 0.05) is 11.4 Å². The van der Waals surface area contributed by atoms with Crippen LogP contribution in [-0.4, -0.2) is 34.3 Å². The molecule has 1 N–H and O–H groups in total. The number of ether oxygens (including phenoxy) is 1. The Morgan fingerprint density at radius 3 is 2.86 bits per heavy atom. The van der Waals surface area contributed by atoms with Crippen LogP contribution in [0.3, 0.4) is 0 Å². The van der Waals surface area contributed by atoms with Crippen molar-refractivity contribution in [2.45, 2.75) is 32.7 Å². The second-order valence-corrected chi connectivity index (χ2v) is 8.49. The van der Waals surface area contributed by atoms with Gasteiger partial charge in [0.05, 0.1) is 16.4 Å². The molecule has 3 aromatic rings. The number of aromatic nitrogens is 2. The number of fused-ring (bicyclic) bond motifs is 1. The summed E-state index contributed by atoms with van der Waals surface area (Å²) >= 11 is 7.57. The first-order chi connectivity index (χ1) is 13.4. The molecule has 1 amide bonds. The van der Waals surface area contributed by atoms with E-state index in [4.69, 9.17) is 16.3 Å². The van der Waals surface area contributed by atoms with Gasteiger partial charge in [-0.1, -0.05) is 23.7 Å². The van der Waals surface area contributed by atoms with Gasteiger partial charge in [-0.05, 0) is 50.8 Å². The number of benzene rings is 1. The van der Waals surface area contributed by atoms with Crippen LogP contribution in [-0.2, 0) is 9.53 Å². The van der Waals surface area contributed by atoms with Crippen LogP contribution in [0.15, 0.2) is 30.3 Å². The zero-order valence-electron chi connectivity index (χ0n) is 15.6. The monoisotopic (exact) mass is 417 g/mol. The molecule has 4 rings (SSSR count). The number of hydrogen-bond donors (Lipinski definition) is 1. The normalized spacial score (nSPS) is 14.8. The number of rotatable bonds is 6. The van der Waals surface area contributed by atoms with Crippen LogP contribution in [0.1, 0.15) is 35.1 Å². The largest absolute Gasteiger partial charge is 0.451 e. The second kappa shape index (κ2) is 7.56. The van der Waals surface area contributed by atoms with Gasteiger partial charge < -0.3 is 10.1 Å². The predicted molar refractivity (Wildman–Crippen MR) is 109 cm³/mol. The number of esters is 1. The maximum absolute atomic E-state index is 12.4. The van der Waals surface area contributed by atoms with E-state index in [0.717, 1.165) is 34.4 Å². The Morgan fingerprint density at radius 1 is 1.39 bits per heavy atom. The summed E-state index contributed by atoms with van der Waals surface area (Å²) in [5.41, 5.74) is 1.54. The van der Waals surface area contributed by atoms with Crippen molar-refractivity contribution in [1.82, 2.24) is 15.1 Å². The van der Waals surface area contributed by atoms with Gasteiger partial charge in [-0.15, -0.1) is 11.3 Å². The molecule has 1 atom stereocenters. The van der Waals surface area contributed by atoms with Gasteiger partial charge in [0.25, 0.3) is 5.91 Å². The average molecular weight is 418 g/mol. The molecule has 2 heterocycles. The zero-order chi connectivity index (χ0) is 19.8. The van der Waals surface area contributed by atoms with E-state index in [-0.39, 0.29) is 18.6 Å². The average Bonchev–Trinajstić information content (AvgIpc) is 3.36. The Morgan fingerprint density at radius 2 is 2.14 bits per heavy atom. The number of hydrogen-bond acceptors (Lipinski definition) is 5. The van der Waals surface area contributed by atoms with Crippen molar-refractivity contribution in [1.29, 1.82) is 0 Å². The minimum absolute atomic E-state index is 0.125. The predicted octanol–water partition coefficient (Wildman–Crippen LogP) is 4.12. The Hall–Kier alpha value is -2.38. The quantitative estimate of drug-likeness (QED) is 0.612. The molecule has 1 fully saturated rings. The summed E-state index contributed by atoms with van der Waals surface area (Å²) < 4.78 is 6.94. The third-order valence-electron chi connectivity index (χ3n) is 4.88. The van der Waals surface area contributed by atoms with Crippen molar-refractivity contribution in [2.24, 2.45) is 5.92 Å². The SMILES string of the molecule is Cc1nn(-c2ccccc2Cl)c2sc(C(=O)OCC(=O)N[C@H](C)C3CC3)cc12. The first kappa shape index (κ1) is 19.0. The summed E-state index contributed by atoms with van der Waals surface area (Å²) in [6.07, 6.45) is 2.29. The fourth-order valence-electron chi connectivity index (χ4n) is 3.15. The third-order valence-corrected chi connectivity index (χ3v) is 6.29. The molecule has 1 aliphatic carbocycles. The van der Waals surface area contributed by atoms with Crippen LogP contribution in [0.2, 0.25) is 5.02 Å². The minimum Gasteiger partial charge on any atom is -0.451 e. The molecule has 1 aliphatic rings. The van der Waals surface area contributed by atoms with E-state index in [0.29, 0.717) is 15.8 Å². The molecule has 2 aromatic heterocycles. The Bertz CT molecular complexity index is 1050. The van der Waals surface area contributed by atoms with Gasteiger partial charge in [0.2, 0.25) is 0 Å². The summed E-state index contributed by atoms with van der Waals surface area (Å²) in [6.45, 7) is 3.58. The fourth-order valence-corrected chi connectivity index (χ4v) is 4.43. The summed E-state index contributed by atoms with van der Waals surface area (Å²) in [5.74, 6) is -0.231. The molecule has 8 heteroatoms. The van der Waals surface area contributed by atoms with Crippen LogP contribution < -0.4 is 5.32 Å². The summed E-state index contributed by atoms with van der Waals surface area (Å²) in [5, 5.41) is 8.85. The molecule has 6 nitrogen and oxygen atoms in total. The smallest absolute Gasteiger partial charge is 0.348 e. The first-order valence-corrected chi connectivity index (χ1v) is 10.3. The lowest BCUT2D eigenvalue weighted by Crippen LogP contribution is -2.37. The molecule has 0 bridgehead atoms. The van der Waals surface area contributed by atoms with Crippen LogP contribution in [0.25, 0.3) is 15.9 Å². The van der Waals surface area contributed by atoms with Crippen LogP contribution in [0.4, 0.5) is 0 Å². The van der Waals surface area contributed by atoms with Gasteiger partial charge in [-0.2, -0.15) is 5.10 Å². The molecule has 28 heavy (non-hydrogen) atoms. The molecular formula is C20H20ClN3O3S. The number of para-hydroxylation sites is 1. The molecular weight excluding hydrogens is 398 g/mol. The van der Waals surface area contributed by atoms with E-state index >= 15 is 0 Å². The molecule has 0 spiro atoms. The maximum atomic E-state index is 12.4. The fraction of sp³-hybridized carbons (Fsp3) is 0.350. The number of halogens is 1. The van der Waals surface area contributed by atoms with Gasteiger partial charge in [-0.25, -0.2) is 9.48 Å². The number of nitrogens with one attached hydrogen (secondary N) is 1. The van der Waals surface area contributed by atoms with E-state index in [1.54, 1.807) is 16.8 Å². The summed E-state index contributed by atoms with van der Waals surface area (Å²) in [4.78, 5) is 25.6. The topological polar surface area (TPSA) is 73.2 Å². The first-order valence-electron chi connectivity index (χ1n) is 9.14. The van der Waals surface area contributed by atoms with Gasteiger partial charge in [0.1, 0.15) is 9.71 Å². The summed E-state index contributed by atoms with van der Waals surface area (Å²) in [7, 11) is 0. The highest BCUT2D eigenvalue weighted by atomic mass is 35.5. The lowest BCUT2D eigenvalue weighted by Gasteiger charge is -2.12. The van der Waals surface area contributed by atoms with E-state index in [9.17, 15) is 9.59 Å². The van der Waals surface area contributed by atoms with Crippen LogP contribution in [0.5, 0.6) is 0 Å². The minimum atomic E-state index is -0.513. The highest BCUT2D eigenvalue weighted by molar-refractivity contribution is 7.20. The Kier molecular flexibility index (Phi) is 5.12. The zero-order valence-corrected chi connectivity index (χ0v) is 17.1. The van der Waals surface area contributed by atoms with Crippen LogP contribution >= 0.6 is 22.9 Å². The lowest BCUT2D eigenvalue weighted by molar-refractivity contribution is -0.124.